The fourth-order valence-electron chi connectivity index (χ4n) is 18.6. The Morgan fingerprint density at radius 2 is 0.342 bits per heavy atom. The summed E-state index contributed by atoms with van der Waals surface area (Å²) >= 11 is 0. The van der Waals surface area contributed by atoms with Gasteiger partial charge in [-0.1, -0.05) is 465 Å². The van der Waals surface area contributed by atoms with Crippen molar-refractivity contribution in [1.29, 1.82) is 0 Å². The lowest BCUT2D eigenvalue weighted by atomic mass is 10.0. The van der Waals surface area contributed by atoms with E-state index in [0.717, 1.165) is 175 Å². The first-order valence-corrected chi connectivity index (χ1v) is 55.9. The Morgan fingerprint density at radius 3 is 0.555 bits per heavy atom. The SMILES string of the molecule is CCCCCCCCCCCCOc1ccc(-c2ccc(COc3ccc(-c4ccc(COc5cc(OCc6ccc(-c7ccc(OCc8ccc(-c9ccc(OCCCCCCCCCCCC)cc9)cc8)c(OCc8ccc(-c9ccc(OCCCCCCCCCCCC)cc9)cc8)c7)cc6)cc(C(=O)OC)c5)cc4)cc3OCc3ccc(-c4ccc(OCCCCCCCCCCCC)cc4)cc3)cc2)cc1. The van der Waals surface area contributed by atoms with Crippen LogP contribution in [0.4, 0.5) is 0 Å². The lowest BCUT2D eigenvalue weighted by molar-refractivity contribution is 0.0599. The molecule has 0 aliphatic heterocycles. The largest absolute Gasteiger partial charge is 0.494 e. The van der Waals surface area contributed by atoms with Gasteiger partial charge in [0.15, 0.2) is 23.0 Å². The highest BCUT2D eigenvalue weighted by molar-refractivity contribution is 5.90. The zero-order valence-corrected chi connectivity index (χ0v) is 88.5. The fraction of sp³-hybridized carbons (Fsp3) is 0.410. The highest BCUT2D eigenvalue weighted by Crippen LogP contribution is 2.40. The van der Waals surface area contributed by atoms with Gasteiger partial charge in [0.2, 0.25) is 0 Å². The number of unbranched alkanes of at least 4 members (excludes halogenated alkanes) is 36. The van der Waals surface area contributed by atoms with E-state index in [-0.39, 0.29) is 13.2 Å². The first-order valence-electron chi connectivity index (χ1n) is 55.9. The zero-order chi connectivity index (χ0) is 101. The van der Waals surface area contributed by atoms with Crippen molar-refractivity contribution in [2.45, 2.75) is 324 Å². The van der Waals surface area contributed by atoms with Crippen molar-refractivity contribution in [3.63, 3.8) is 0 Å². The molecule has 12 heteroatoms. The second-order valence-electron chi connectivity index (χ2n) is 39.6. The van der Waals surface area contributed by atoms with Gasteiger partial charge in [-0.3, -0.25) is 0 Å². The lowest BCUT2D eigenvalue weighted by Gasteiger charge is -2.16. The normalized spacial score (nSPS) is 11.2. The van der Waals surface area contributed by atoms with Crippen LogP contribution in [0.2, 0.25) is 0 Å². The lowest BCUT2D eigenvalue weighted by Crippen LogP contribution is -2.04. The summed E-state index contributed by atoms with van der Waals surface area (Å²) in [5.41, 5.74) is 19.2. The summed E-state index contributed by atoms with van der Waals surface area (Å²) in [7, 11) is 1.37. The second kappa shape index (κ2) is 65.0. The first kappa shape index (κ1) is 111. The van der Waals surface area contributed by atoms with Crippen LogP contribution < -0.4 is 47.4 Å². The quantitative estimate of drug-likeness (QED) is 0.0267. The number of carbonyl (C=O) groups is 1. The molecule has 0 unspecified atom stereocenters. The van der Waals surface area contributed by atoms with E-state index < -0.39 is 5.97 Å². The highest BCUT2D eigenvalue weighted by Gasteiger charge is 2.18. The molecule has 0 saturated heterocycles. The molecule has 0 aliphatic carbocycles. The van der Waals surface area contributed by atoms with Crippen LogP contribution in [0.15, 0.2) is 297 Å². The molecule has 13 rings (SSSR count). The summed E-state index contributed by atoms with van der Waals surface area (Å²) < 4.78 is 69.8. The Kier molecular flexibility index (Phi) is 49.2. The summed E-state index contributed by atoms with van der Waals surface area (Å²) in [6, 6.07) is 102. The average Bonchev–Trinajstić information content (AvgIpc) is 0.820. The van der Waals surface area contributed by atoms with Crippen molar-refractivity contribution in [3.05, 3.63) is 336 Å². The van der Waals surface area contributed by atoms with Crippen LogP contribution in [0, 0.1) is 0 Å². The molecule has 13 aromatic rings. The van der Waals surface area contributed by atoms with Crippen LogP contribution in [-0.2, 0) is 44.4 Å². The van der Waals surface area contributed by atoms with Gasteiger partial charge in [0.05, 0.1) is 39.1 Å². The minimum Gasteiger partial charge on any atom is -0.494 e. The molecule has 0 amide bonds. The van der Waals surface area contributed by atoms with E-state index in [4.69, 9.17) is 52.1 Å². The van der Waals surface area contributed by atoms with Crippen molar-refractivity contribution in [1.82, 2.24) is 0 Å². The topological polar surface area (TPSA) is 119 Å². The van der Waals surface area contributed by atoms with E-state index in [2.05, 4.69) is 295 Å². The van der Waals surface area contributed by atoms with Gasteiger partial charge in [-0.05, 0) is 211 Å². The van der Waals surface area contributed by atoms with E-state index in [9.17, 15) is 4.79 Å². The minimum atomic E-state index is -0.502. The Morgan fingerprint density at radius 1 is 0.164 bits per heavy atom. The summed E-state index contributed by atoms with van der Waals surface area (Å²) in [6.07, 6.45) is 52.2. The third kappa shape index (κ3) is 39.6. The molecule has 0 fully saturated rings. The Labute approximate surface area is 875 Å². The monoisotopic (exact) mass is 1970 g/mol. The van der Waals surface area contributed by atoms with Crippen molar-refractivity contribution in [2.75, 3.05) is 33.5 Å². The zero-order valence-electron chi connectivity index (χ0n) is 88.5. The van der Waals surface area contributed by atoms with E-state index >= 15 is 0 Å². The summed E-state index contributed by atoms with van der Waals surface area (Å²) in [5, 5.41) is 0. The predicted octanol–water partition coefficient (Wildman–Crippen LogP) is 38.1. The molecule has 0 spiro atoms. The number of benzene rings is 13. The van der Waals surface area contributed by atoms with Gasteiger partial charge in [-0.2, -0.15) is 0 Å². The maximum atomic E-state index is 13.3. The van der Waals surface area contributed by atoms with Gasteiger partial charge in [-0.25, -0.2) is 4.79 Å². The van der Waals surface area contributed by atoms with Crippen LogP contribution in [-0.4, -0.2) is 39.5 Å². The van der Waals surface area contributed by atoms with Crippen LogP contribution in [0.3, 0.4) is 0 Å². The van der Waals surface area contributed by atoms with Crippen molar-refractivity contribution >= 4 is 5.97 Å². The van der Waals surface area contributed by atoms with Crippen LogP contribution in [0.1, 0.15) is 328 Å². The summed E-state index contributed by atoms with van der Waals surface area (Å²) in [4.78, 5) is 13.3. The molecular formula is C134H164O12. The van der Waals surface area contributed by atoms with E-state index in [1.54, 1.807) is 12.1 Å². The number of hydrogen-bond acceptors (Lipinski definition) is 12. The van der Waals surface area contributed by atoms with E-state index in [0.29, 0.717) is 66.5 Å². The van der Waals surface area contributed by atoms with Gasteiger partial charge < -0.3 is 52.1 Å². The summed E-state index contributed by atoms with van der Waals surface area (Å²) in [5.74, 6) is 6.60. The molecule has 0 aromatic heterocycles. The number of ether oxygens (including phenoxy) is 11. The third-order valence-electron chi connectivity index (χ3n) is 27.8. The number of hydrogen-bond donors (Lipinski definition) is 0. The Bertz CT molecular complexity index is 5410. The first-order chi connectivity index (χ1) is 72.1. The van der Waals surface area contributed by atoms with Crippen LogP contribution in [0.25, 0.3) is 66.8 Å². The van der Waals surface area contributed by atoms with E-state index in [1.165, 1.54) is 238 Å². The highest BCUT2D eigenvalue weighted by atomic mass is 16.5. The molecule has 0 heterocycles. The maximum Gasteiger partial charge on any atom is 0.338 e. The minimum absolute atomic E-state index is 0.228. The molecule has 13 aromatic carbocycles. The van der Waals surface area contributed by atoms with Crippen LogP contribution >= 0.6 is 0 Å². The molecule has 0 atom stereocenters. The van der Waals surface area contributed by atoms with Gasteiger partial charge in [0, 0.05) is 6.07 Å². The van der Waals surface area contributed by atoms with Crippen molar-refractivity contribution < 1.29 is 56.9 Å². The fourth-order valence-corrected chi connectivity index (χ4v) is 18.6. The molecule has 12 nitrogen and oxygen atoms in total. The number of methoxy groups -OCH3 is 1. The molecular weight excluding hydrogens is 1800 g/mol. The predicted molar refractivity (Wildman–Crippen MR) is 604 cm³/mol. The van der Waals surface area contributed by atoms with Crippen LogP contribution in [0.5, 0.6) is 57.5 Å². The Hall–Kier alpha value is -12.7. The standard InChI is InChI=1S/C134H164O12/c1-6-10-14-18-22-26-30-34-38-42-90-137-124-80-70-115(71-81-124)111-58-46-107(47-59-111)101-143-130-88-78-121(96-132(130)145-103-109-50-62-113(63-51-109)117-74-84-126(85-75-117)139-92-44-40-36-32-28-24-20-16-12-8-3)119-66-54-105(55-67-119)99-141-128-94-123(134(135)136-5)95-129(98-128)142-100-106-56-68-120(69-57-106)122-79-89-131(144-102-108-48-60-112(61-49-108)116-72-82-125(83-73-116)138-91-43-39-35-31-27-23-19-15-11-7-2)133(97-122)146-104-110-52-64-114(65-53-110)118-76-86-127(87-77-118)140-93-45-41-37-33-29-25-21-17-13-9-4/h46-89,94-98H,6-45,90-93,99-104H2,1-5H3. The molecule has 0 bridgehead atoms. The Balaban J connectivity index is 0.626. The number of carbonyl (C=O) groups excluding carboxylic acids is 1. The number of rotatable bonds is 73. The molecule has 0 saturated carbocycles. The molecule has 0 N–H and O–H groups in total. The van der Waals surface area contributed by atoms with Gasteiger partial charge >= 0.3 is 5.97 Å². The summed E-state index contributed by atoms with van der Waals surface area (Å²) in [6.45, 7) is 13.9. The van der Waals surface area contributed by atoms with E-state index in [1.807, 2.05) is 18.2 Å². The maximum absolute atomic E-state index is 13.3. The van der Waals surface area contributed by atoms with Gasteiger partial charge in [-0.15, -0.1) is 0 Å². The second-order valence-corrected chi connectivity index (χ2v) is 39.6. The smallest absolute Gasteiger partial charge is 0.338 e. The number of esters is 1. The molecule has 772 valence electrons. The van der Waals surface area contributed by atoms with Crippen molar-refractivity contribution in [2.24, 2.45) is 0 Å². The molecule has 0 radical (unpaired) electrons. The van der Waals surface area contributed by atoms with Crippen molar-refractivity contribution in [3.8, 4) is 124 Å². The van der Waals surface area contributed by atoms with Gasteiger partial charge in [0.1, 0.15) is 74.1 Å². The third-order valence-corrected chi connectivity index (χ3v) is 27.8. The van der Waals surface area contributed by atoms with Gasteiger partial charge in [0.25, 0.3) is 0 Å². The molecule has 0 aliphatic rings. The average molecular weight is 1970 g/mol. The molecule has 146 heavy (non-hydrogen) atoms.